The molecule has 2 aromatic carbocycles. The van der Waals surface area contributed by atoms with Crippen molar-refractivity contribution in [2.75, 3.05) is 19.6 Å². The van der Waals surface area contributed by atoms with Gasteiger partial charge in [0.15, 0.2) is 17.1 Å². The van der Waals surface area contributed by atoms with Gasteiger partial charge in [-0.2, -0.15) is 10.4 Å². The Labute approximate surface area is 180 Å². The number of benzene rings is 2. The van der Waals surface area contributed by atoms with Gasteiger partial charge in [-0.1, -0.05) is 25.1 Å². The lowest BCUT2D eigenvalue weighted by atomic mass is 10.0. The maximum Gasteiger partial charge on any atom is 0.169 e. The van der Waals surface area contributed by atoms with Crippen LogP contribution >= 0.6 is 0 Å². The van der Waals surface area contributed by atoms with Crippen LogP contribution in [-0.4, -0.2) is 29.8 Å². The van der Waals surface area contributed by atoms with E-state index in [4.69, 9.17) is 14.5 Å². The molecule has 2 heterocycles. The number of imidazole rings is 1. The first-order valence-electron chi connectivity index (χ1n) is 9.97. The number of pyridine rings is 1. The summed E-state index contributed by atoms with van der Waals surface area (Å²) >= 11 is 0. The van der Waals surface area contributed by atoms with Crippen LogP contribution in [0.25, 0.3) is 16.7 Å². The van der Waals surface area contributed by atoms with Gasteiger partial charge in [-0.25, -0.2) is 4.98 Å². The van der Waals surface area contributed by atoms with E-state index >= 15 is 0 Å². The fourth-order valence-electron chi connectivity index (χ4n) is 3.91. The Kier molecular flexibility index (Phi) is 5.46. The number of nitriles is 1. The number of ether oxygens (including phenoxy) is 2. The molecule has 0 unspecified atom stereocenters. The van der Waals surface area contributed by atoms with E-state index in [0.717, 1.165) is 40.0 Å². The highest BCUT2D eigenvalue weighted by Crippen LogP contribution is 2.32. The second-order valence-corrected chi connectivity index (χ2v) is 7.00. The molecule has 0 aliphatic carbocycles. The van der Waals surface area contributed by atoms with Crippen molar-refractivity contribution in [2.24, 2.45) is 5.10 Å². The molecule has 1 N–H and O–H groups in total. The third kappa shape index (κ3) is 3.32. The number of nitrogens with one attached hydrogen (secondary N) is 1. The summed E-state index contributed by atoms with van der Waals surface area (Å²) in [7, 11) is 3.20. The summed E-state index contributed by atoms with van der Waals surface area (Å²) in [6.07, 6.45) is 2.43. The topological polar surface area (TPSA) is 83.9 Å². The third-order valence-electron chi connectivity index (χ3n) is 5.39. The Morgan fingerprint density at radius 3 is 2.68 bits per heavy atom. The molecule has 156 valence electrons. The summed E-state index contributed by atoms with van der Waals surface area (Å²) in [5.41, 5.74) is 8.85. The quantitative estimate of drug-likeness (QED) is 0.366. The molecule has 0 radical (unpaired) electrons. The molecular weight excluding hydrogens is 390 g/mol. The van der Waals surface area contributed by atoms with Gasteiger partial charge in [0.2, 0.25) is 0 Å². The van der Waals surface area contributed by atoms with Crippen LogP contribution in [0.15, 0.2) is 47.6 Å². The van der Waals surface area contributed by atoms with E-state index in [-0.39, 0.29) is 0 Å². The standard InChI is InChI=1S/C24H23N5O2/c1-5-17-15(2)18(13-25)23-27-19-10-6-7-11-20(19)29(23)24(17)28-26-14-16-9-8-12-21(30-3)22(16)31-4/h6-12,14,28H,5H2,1-4H3/b26-14-. The van der Waals surface area contributed by atoms with Gasteiger partial charge in [0, 0.05) is 5.56 Å². The molecule has 0 saturated heterocycles. The lowest BCUT2D eigenvalue weighted by Gasteiger charge is -2.16. The first-order chi connectivity index (χ1) is 15.1. The highest BCUT2D eigenvalue weighted by Gasteiger charge is 2.19. The molecule has 7 nitrogen and oxygen atoms in total. The van der Waals surface area contributed by atoms with Crippen molar-refractivity contribution >= 4 is 28.7 Å². The zero-order valence-corrected chi connectivity index (χ0v) is 17.9. The summed E-state index contributed by atoms with van der Waals surface area (Å²) in [6, 6.07) is 15.8. The van der Waals surface area contributed by atoms with Crippen molar-refractivity contribution in [1.29, 1.82) is 5.26 Å². The SMILES string of the molecule is CCc1c(C)c(C#N)c2nc3ccccc3n2c1N/N=C\c1cccc(OC)c1OC. The number of hydrazone groups is 1. The summed E-state index contributed by atoms with van der Waals surface area (Å²) in [5.74, 6) is 2.04. The monoisotopic (exact) mass is 413 g/mol. The molecule has 2 aromatic heterocycles. The minimum Gasteiger partial charge on any atom is -0.493 e. The average Bonchev–Trinajstić information content (AvgIpc) is 3.18. The van der Waals surface area contributed by atoms with Crippen molar-refractivity contribution in [1.82, 2.24) is 9.38 Å². The smallest absolute Gasteiger partial charge is 0.169 e. The Balaban J connectivity index is 1.88. The van der Waals surface area contributed by atoms with Gasteiger partial charge in [-0.05, 0) is 48.7 Å². The van der Waals surface area contributed by atoms with E-state index in [0.29, 0.717) is 22.7 Å². The molecule has 0 aliphatic heterocycles. The van der Waals surface area contributed by atoms with Crippen LogP contribution < -0.4 is 14.9 Å². The highest BCUT2D eigenvalue weighted by atomic mass is 16.5. The average molecular weight is 413 g/mol. The van der Waals surface area contributed by atoms with E-state index in [2.05, 4.69) is 23.5 Å². The minimum absolute atomic E-state index is 0.581. The molecule has 0 aliphatic rings. The zero-order valence-electron chi connectivity index (χ0n) is 17.9. The first kappa shape index (κ1) is 20.2. The second kappa shape index (κ2) is 8.36. The highest BCUT2D eigenvalue weighted by molar-refractivity contribution is 5.88. The van der Waals surface area contributed by atoms with Crippen LogP contribution in [0.3, 0.4) is 0 Å². The number of anilines is 1. The maximum absolute atomic E-state index is 9.81. The molecule has 0 saturated carbocycles. The molecule has 4 aromatic rings. The van der Waals surface area contributed by atoms with Crippen molar-refractivity contribution < 1.29 is 9.47 Å². The number of nitrogens with zero attached hydrogens (tertiary/aromatic N) is 4. The molecule has 7 heteroatoms. The van der Waals surface area contributed by atoms with E-state index in [1.54, 1.807) is 20.4 Å². The Morgan fingerprint density at radius 1 is 1.16 bits per heavy atom. The van der Waals surface area contributed by atoms with Gasteiger partial charge < -0.3 is 9.47 Å². The van der Waals surface area contributed by atoms with Crippen LogP contribution in [0.5, 0.6) is 11.5 Å². The number of fused-ring (bicyclic) bond motifs is 3. The van der Waals surface area contributed by atoms with Gasteiger partial charge >= 0.3 is 0 Å². The zero-order chi connectivity index (χ0) is 22.0. The van der Waals surface area contributed by atoms with E-state index in [9.17, 15) is 5.26 Å². The van der Waals surface area contributed by atoms with Crippen LogP contribution in [0.1, 0.15) is 29.2 Å². The number of rotatable bonds is 6. The molecule has 0 bridgehead atoms. The summed E-state index contributed by atoms with van der Waals surface area (Å²) in [5, 5.41) is 14.3. The van der Waals surface area contributed by atoms with Crippen molar-refractivity contribution in [3.8, 4) is 17.6 Å². The van der Waals surface area contributed by atoms with Gasteiger partial charge in [0.1, 0.15) is 11.9 Å². The molecular formula is C24H23N5O2. The predicted molar refractivity (Wildman–Crippen MR) is 122 cm³/mol. The largest absolute Gasteiger partial charge is 0.493 e. The second-order valence-electron chi connectivity index (χ2n) is 7.00. The molecule has 0 amide bonds. The number of methoxy groups -OCH3 is 2. The summed E-state index contributed by atoms with van der Waals surface area (Å²) < 4.78 is 12.8. The van der Waals surface area contributed by atoms with Crippen molar-refractivity contribution in [2.45, 2.75) is 20.3 Å². The Bertz CT molecular complexity index is 1350. The molecule has 4 rings (SSSR count). The lowest BCUT2D eigenvalue weighted by molar-refractivity contribution is 0.354. The van der Waals surface area contributed by atoms with Crippen molar-refractivity contribution in [3.63, 3.8) is 0 Å². The van der Waals surface area contributed by atoms with Gasteiger partial charge in [0.25, 0.3) is 0 Å². The molecule has 0 fully saturated rings. The molecule has 31 heavy (non-hydrogen) atoms. The first-order valence-corrected chi connectivity index (χ1v) is 9.97. The fourth-order valence-corrected chi connectivity index (χ4v) is 3.91. The number of para-hydroxylation sites is 3. The summed E-state index contributed by atoms with van der Waals surface area (Å²) in [4.78, 5) is 4.71. The van der Waals surface area contributed by atoms with Gasteiger partial charge in [-0.15, -0.1) is 0 Å². The van der Waals surface area contributed by atoms with Gasteiger partial charge in [0.05, 0.1) is 37.0 Å². The Morgan fingerprint density at radius 2 is 1.97 bits per heavy atom. The number of hydrogen-bond acceptors (Lipinski definition) is 6. The number of hydrogen-bond donors (Lipinski definition) is 1. The van der Waals surface area contributed by atoms with Crippen LogP contribution in [-0.2, 0) is 6.42 Å². The van der Waals surface area contributed by atoms with Crippen LogP contribution in [0.2, 0.25) is 0 Å². The predicted octanol–water partition coefficient (Wildman–Crippen LogP) is 4.69. The van der Waals surface area contributed by atoms with E-state index < -0.39 is 0 Å². The Hall–Kier alpha value is -4.05. The van der Waals surface area contributed by atoms with Gasteiger partial charge in [-0.3, -0.25) is 9.83 Å². The normalized spacial score (nSPS) is 11.2. The molecule has 0 atom stereocenters. The maximum atomic E-state index is 9.81. The number of aromatic nitrogens is 2. The van der Waals surface area contributed by atoms with Crippen LogP contribution in [0.4, 0.5) is 5.82 Å². The summed E-state index contributed by atoms with van der Waals surface area (Å²) in [6.45, 7) is 4.02. The molecule has 0 spiro atoms. The minimum atomic E-state index is 0.581. The van der Waals surface area contributed by atoms with E-state index in [1.807, 2.05) is 53.8 Å². The third-order valence-corrected chi connectivity index (χ3v) is 5.39. The van der Waals surface area contributed by atoms with Crippen molar-refractivity contribution in [3.05, 3.63) is 64.7 Å². The fraction of sp³-hybridized carbons (Fsp3) is 0.208. The lowest BCUT2D eigenvalue weighted by Crippen LogP contribution is -2.07. The van der Waals surface area contributed by atoms with E-state index in [1.165, 1.54) is 0 Å². The van der Waals surface area contributed by atoms with Crippen LogP contribution in [0, 0.1) is 18.3 Å².